The molecule has 0 bridgehead atoms. The molecule has 114 valence electrons. The molecule has 0 spiro atoms. The zero-order chi connectivity index (χ0) is 15.5. The quantitative estimate of drug-likeness (QED) is 0.934. The van der Waals surface area contributed by atoms with Crippen molar-refractivity contribution >= 4 is 28.9 Å². The molecule has 3 rings (SSSR count). The SMILES string of the molecule is O=C(c1cc(Nc2ccc(F)c(Cl)c2)ccn1)N1CCCC1. The summed E-state index contributed by atoms with van der Waals surface area (Å²) < 4.78 is 13.2. The largest absolute Gasteiger partial charge is 0.355 e. The lowest BCUT2D eigenvalue weighted by atomic mass is 10.2. The van der Waals surface area contributed by atoms with Crippen molar-refractivity contribution in [3.63, 3.8) is 0 Å². The van der Waals surface area contributed by atoms with Crippen LogP contribution in [0, 0.1) is 5.82 Å². The highest BCUT2D eigenvalue weighted by Crippen LogP contribution is 2.23. The molecule has 0 radical (unpaired) electrons. The summed E-state index contributed by atoms with van der Waals surface area (Å²) in [5.41, 5.74) is 1.76. The minimum absolute atomic E-state index is 0.0485. The van der Waals surface area contributed by atoms with E-state index in [0.29, 0.717) is 17.1 Å². The number of nitrogens with zero attached hydrogens (tertiary/aromatic N) is 2. The molecule has 1 saturated heterocycles. The van der Waals surface area contributed by atoms with Crippen LogP contribution in [0.3, 0.4) is 0 Å². The predicted molar refractivity (Wildman–Crippen MR) is 84.1 cm³/mol. The predicted octanol–water partition coefficient (Wildman–Crippen LogP) is 3.85. The van der Waals surface area contributed by atoms with Crippen LogP contribution in [0.4, 0.5) is 15.8 Å². The van der Waals surface area contributed by atoms with E-state index in [0.717, 1.165) is 25.9 Å². The Morgan fingerprint density at radius 1 is 1.18 bits per heavy atom. The Morgan fingerprint density at radius 3 is 2.64 bits per heavy atom. The minimum Gasteiger partial charge on any atom is -0.355 e. The zero-order valence-electron chi connectivity index (χ0n) is 11.9. The third kappa shape index (κ3) is 3.20. The smallest absolute Gasteiger partial charge is 0.272 e. The summed E-state index contributed by atoms with van der Waals surface area (Å²) in [7, 11) is 0. The van der Waals surface area contributed by atoms with Crippen LogP contribution < -0.4 is 5.32 Å². The molecule has 1 aliphatic rings. The maximum Gasteiger partial charge on any atom is 0.272 e. The lowest BCUT2D eigenvalue weighted by Gasteiger charge is -2.15. The fraction of sp³-hybridized carbons (Fsp3) is 0.250. The highest BCUT2D eigenvalue weighted by Gasteiger charge is 2.20. The van der Waals surface area contributed by atoms with Crippen LogP contribution in [0.15, 0.2) is 36.5 Å². The third-order valence-corrected chi connectivity index (χ3v) is 3.87. The number of amides is 1. The molecule has 0 atom stereocenters. The number of rotatable bonds is 3. The van der Waals surface area contributed by atoms with Gasteiger partial charge in [-0.1, -0.05) is 11.6 Å². The molecular weight excluding hydrogens is 305 g/mol. The summed E-state index contributed by atoms with van der Waals surface area (Å²) in [6, 6.07) is 7.82. The molecule has 22 heavy (non-hydrogen) atoms. The van der Waals surface area contributed by atoms with Gasteiger partial charge in [0.2, 0.25) is 0 Å². The number of hydrogen-bond acceptors (Lipinski definition) is 3. The molecular formula is C16H15ClFN3O. The number of carbonyl (C=O) groups is 1. The van der Waals surface area contributed by atoms with E-state index in [1.54, 1.807) is 29.3 Å². The van der Waals surface area contributed by atoms with Gasteiger partial charge in [-0.25, -0.2) is 4.39 Å². The minimum atomic E-state index is -0.466. The summed E-state index contributed by atoms with van der Waals surface area (Å²) in [5.74, 6) is -0.523. The van der Waals surface area contributed by atoms with Crippen molar-refractivity contribution in [2.75, 3.05) is 18.4 Å². The highest BCUT2D eigenvalue weighted by atomic mass is 35.5. The number of pyridine rings is 1. The van der Waals surface area contributed by atoms with Gasteiger partial charge in [-0.15, -0.1) is 0 Å². The fourth-order valence-electron chi connectivity index (χ4n) is 2.45. The Bertz CT molecular complexity index is 702. The van der Waals surface area contributed by atoms with Crippen LogP contribution in [-0.2, 0) is 0 Å². The van der Waals surface area contributed by atoms with Crippen molar-refractivity contribution in [1.29, 1.82) is 0 Å². The van der Waals surface area contributed by atoms with Gasteiger partial charge >= 0.3 is 0 Å². The van der Waals surface area contributed by atoms with E-state index in [-0.39, 0.29) is 10.9 Å². The van der Waals surface area contributed by atoms with Crippen molar-refractivity contribution < 1.29 is 9.18 Å². The molecule has 1 N–H and O–H groups in total. The van der Waals surface area contributed by atoms with Gasteiger partial charge < -0.3 is 10.2 Å². The Hall–Kier alpha value is -2.14. The summed E-state index contributed by atoms with van der Waals surface area (Å²) in [5, 5.41) is 3.14. The first kappa shape index (κ1) is 14.8. The van der Waals surface area contributed by atoms with Gasteiger partial charge in [0.15, 0.2) is 0 Å². The van der Waals surface area contributed by atoms with E-state index in [4.69, 9.17) is 11.6 Å². The first-order chi connectivity index (χ1) is 10.6. The third-order valence-electron chi connectivity index (χ3n) is 3.58. The molecule has 6 heteroatoms. The topological polar surface area (TPSA) is 45.2 Å². The fourth-order valence-corrected chi connectivity index (χ4v) is 2.63. The first-order valence-electron chi connectivity index (χ1n) is 7.11. The summed E-state index contributed by atoms with van der Waals surface area (Å²) in [6.45, 7) is 1.57. The Labute approximate surface area is 132 Å². The van der Waals surface area contributed by atoms with Gasteiger partial charge in [-0.2, -0.15) is 0 Å². The van der Waals surface area contributed by atoms with Crippen LogP contribution in [0.25, 0.3) is 0 Å². The molecule has 1 amide bonds. The number of anilines is 2. The zero-order valence-corrected chi connectivity index (χ0v) is 12.6. The number of benzene rings is 1. The summed E-state index contributed by atoms with van der Waals surface area (Å²) >= 11 is 5.76. The molecule has 0 saturated carbocycles. The Balaban J connectivity index is 1.78. The van der Waals surface area contributed by atoms with Crippen LogP contribution in [0.5, 0.6) is 0 Å². The molecule has 2 aromatic rings. The van der Waals surface area contributed by atoms with E-state index in [2.05, 4.69) is 10.3 Å². The number of hydrogen-bond donors (Lipinski definition) is 1. The van der Waals surface area contributed by atoms with Crippen LogP contribution in [0.1, 0.15) is 23.3 Å². The molecule has 4 nitrogen and oxygen atoms in total. The van der Waals surface area contributed by atoms with Crippen LogP contribution in [-0.4, -0.2) is 28.9 Å². The molecule has 0 unspecified atom stereocenters. The van der Waals surface area contributed by atoms with Gasteiger partial charge in [0.1, 0.15) is 11.5 Å². The van der Waals surface area contributed by atoms with Crippen LogP contribution in [0.2, 0.25) is 5.02 Å². The Kier molecular flexibility index (Phi) is 4.24. The van der Waals surface area contributed by atoms with Gasteiger partial charge in [-0.3, -0.25) is 9.78 Å². The normalized spacial score (nSPS) is 14.2. The molecule has 1 aromatic carbocycles. The average molecular weight is 320 g/mol. The maximum absolute atomic E-state index is 13.2. The summed E-state index contributed by atoms with van der Waals surface area (Å²) in [4.78, 5) is 18.3. The van der Waals surface area contributed by atoms with Crippen molar-refractivity contribution in [2.45, 2.75) is 12.8 Å². The second-order valence-electron chi connectivity index (χ2n) is 5.18. The number of aromatic nitrogens is 1. The lowest BCUT2D eigenvalue weighted by molar-refractivity contribution is 0.0787. The van der Waals surface area contributed by atoms with Crippen molar-refractivity contribution in [2.24, 2.45) is 0 Å². The average Bonchev–Trinajstić information content (AvgIpc) is 3.05. The van der Waals surface area contributed by atoms with Crippen molar-refractivity contribution in [3.8, 4) is 0 Å². The van der Waals surface area contributed by atoms with E-state index in [1.807, 2.05) is 0 Å². The summed E-state index contributed by atoms with van der Waals surface area (Å²) in [6.07, 6.45) is 3.66. The highest BCUT2D eigenvalue weighted by molar-refractivity contribution is 6.31. The van der Waals surface area contributed by atoms with E-state index >= 15 is 0 Å². The maximum atomic E-state index is 13.2. The first-order valence-corrected chi connectivity index (χ1v) is 7.49. The molecule has 1 fully saturated rings. The second kappa shape index (κ2) is 6.32. The van der Waals surface area contributed by atoms with E-state index in [9.17, 15) is 9.18 Å². The van der Waals surface area contributed by atoms with E-state index < -0.39 is 5.82 Å². The molecule has 1 aliphatic heterocycles. The Morgan fingerprint density at radius 2 is 1.91 bits per heavy atom. The number of carbonyl (C=O) groups excluding carboxylic acids is 1. The number of likely N-dealkylation sites (tertiary alicyclic amines) is 1. The van der Waals surface area contributed by atoms with Gasteiger partial charge in [-0.05, 0) is 43.2 Å². The van der Waals surface area contributed by atoms with Crippen molar-refractivity contribution in [3.05, 3.63) is 53.1 Å². The number of nitrogens with one attached hydrogen (secondary N) is 1. The second-order valence-corrected chi connectivity index (χ2v) is 5.59. The molecule has 0 aliphatic carbocycles. The monoisotopic (exact) mass is 319 g/mol. The van der Waals surface area contributed by atoms with Crippen LogP contribution >= 0.6 is 11.6 Å². The molecule has 1 aromatic heterocycles. The van der Waals surface area contributed by atoms with Gasteiger partial charge in [0, 0.05) is 30.7 Å². The standard InChI is InChI=1S/C16H15ClFN3O/c17-13-9-11(3-4-14(13)18)20-12-5-6-19-15(10-12)16(22)21-7-1-2-8-21/h3-6,9-10H,1-2,7-8H2,(H,19,20). The lowest BCUT2D eigenvalue weighted by Crippen LogP contribution is -2.28. The van der Waals surface area contributed by atoms with Crippen molar-refractivity contribution in [1.82, 2.24) is 9.88 Å². The van der Waals surface area contributed by atoms with E-state index in [1.165, 1.54) is 12.1 Å². The van der Waals surface area contributed by atoms with Gasteiger partial charge in [0.05, 0.1) is 5.02 Å². The van der Waals surface area contributed by atoms with Gasteiger partial charge in [0.25, 0.3) is 5.91 Å². The number of halogens is 2. The molecule has 2 heterocycles.